The Morgan fingerprint density at radius 3 is 2.94 bits per heavy atom. The predicted molar refractivity (Wildman–Crippen MR) is 61.9 cm³/mol. The first-order valence-corrected chi connectivity index (χ1v) is 5.15. The van der Waals surface area contributed by atoms with E-state index in [1.165, 1.54) is 0 Å². The van der Waals surface area contributed by atoms with E-state index in [0.29, 0.717) is 43.5 Å². The van der Waals surface area contributed by atoms with E-state index in [4.69, 9.17) is 16.2 Å². The van der Waals surface area contributed by atoms with Crippen LogP contribution in [0.5, 0.6) is 0 Å². The normalized spacial score (nSPS) is 24.6. The number of ether oxygens (including phenoxy) is 1. The standard InChI is InChI=1S/C10H16N4O2/c11-7-1-2-8(14-9(7)12)13-5-10(15)3-4-16-6-10/h1-2,15H,3-6,11H2,(H3,12,13,14). The van der Waals surface area contributed by atoms with Gasteiger partial charge in [0.1, 0.15) is 17.2 Å². The molecule has 16 heavy (non-hydrogen) atoms. The molecule has 88 valence electrons. The highest BCUT2D eigenvalue weighted by Gasteiger charge is 2.31. The summed E-state index contributed by atoms with van der Waals surface area (Å²) in [6, 6.07) is 3.41. The minimum atomic E-state index is -0.808. The number of nitrogen functional groups attached to an aromatic ring is 2. The molecule has 1 saturated heterocycles. The summed E-state index contributed by atoms with van der Waals surface area (Å²) in [5, 5.41) is 13.0. The van der Waals surface area contributed by atoms with Crippen molar-refractivity contribution < 1.29 is 9.84 Å². The van der Waals surface area contributed by atoms with Gasteiger partial charge in [0.25, 0.3) is 0 Å². The Kier molecular flexibility index (Phi) is 2.84. The largest absolute Gasteiger partial charge is 0.396 e. The van der Waals surface area contributed by atoms with Crippen LogP contribution in [0, 0.1) is 0 Å². The van der Waals surface area contributed by atoms with Crippen molar-refractivity contribution in [1.82, 2.24) is 4.98 Å². The third kappa shape index (κ3) is 2.34. The van der Waals surface area contributed by atoms with Gasteiger partial charge in [-0.2, -0.15) is 0 Å². The van der Waals surface area contributed by atoms with Gasteiger partial charge in [-0.1, -0.05) is 0 Å². The van der Waals surface area contributed by atoms with Gasteiger partial charge >= 0.3 is 0 Å². The summed E-state index contributed by atoms with van der Waals surface area (Å²) in [6.07, 6.45) is 0.629. The van der Waals surface area contributed by atoms with E-state index in [9.17, 15) is 5.11 Å². The first-order chi connectivity index (χ1) is 7.59. The van der Waals surface area contributed by atoms with Gasteiger partial charge in [0.2, 0.25) is 0 Å². The molecule has 6 nitrogen and oxygen atoms in total. The molecule has 0 saturated carbocycles. The monoisotopic (exact) mass is 224 g/mol. The van der Waals surface area contributed by atoms with E-state index in [1.807, 2.05) is 0 Å². The summed E-state index contributed by atoms with van der Waals surface area (Å²) in [5.41, 5.74) is 10.8. The number of pyridine rings is 1. The first-order valence-electron chi connectivity index (χ1n) is 5.15. The van der Waals surface area contributed by atoms with Gasteiger partial charge in [0.15, 0.2) is 0 Å². The van der Waals surface area contributed by atoms with Crippen LogP contribution in [0.3, 0.4) is 0 Å². The average Bonchev–Trinajstić information content (AvgIpc) is 2.68. The predicted octanol–water partition coefficient (Wildman–Crippen LogP) is -0.191. The van der Waals surface area contributed by atoms with Crippen LogP contribution in [-0.2, 0) is 4.74 Å². The van der Waals surface area contributed by atoms with Crippen LogP contribution in [0.4, 0.5) is 17.3 Å². The van der Waals surface area contributed by atoms with Crippen molar-refractivity contribution in [1.29, 1.82) is 0 Å². The van der Waals surface area contributed by atoms with E-state index in [1.54, 1.807) is 12.1 Å². The van der Waals surface area contributed by atoms with Crippen LogP contribution in [0.15, 0.2) is 12.1 Å². The van der Waals surface area contributed by atoms with E-state index in [2.05, 4.69) is 10.3 Å². The molecule has 1 atom stereocenters. The molecule has 1 aromatic rings. The van der Waals surface area contributed by atoms with E-state index in [-0.39, 0.29) is 0 Å². The maximum Gasteiger partial charge on any atom is 0.149 e. The van der Waals surface area contributed by atoms with E-state index in [0.717, 1.165) is 0 Å². The molecular weight excluding hydrogens is 208 g/mol. The summed E-state index contributed by atoms with van der Waals surface area (Å²) in [4.78, 5) is 4.05. The average molecular weight is 224 g/mol. The number of nitrogens with two attached hydrogens (primary N) is 2. The summed E-state index contributed by atoms with van der Waals surface area (Å²) >= 11 is 0. The number of hydrogen-bond acceptors (Lipinski definition) is 6. The van der Waals surface area contributed by atoms with Crippen molar-refractivity contribution in [3.05, 3.63) is 12.1 Å². The summed E-state index contributed by atoms with van der Waals surface area (Å²) in [5.74, 6) is 0.895. The van der Waals surface area contributed by atoms with Crippen molar-refractivity contribution >= 4 is 17.3 Å². The molecule has 0 radical (unpaired) electrons. The van der Waals surface area contributed by atoms with Crippen molar-refractivity contribution in [2.24, 2.45) is 0 Å². The molecule has 1 unspecified atom stereocenters. The number of nitrogens with zero attached hydrogens (tertiary/aromatic N) is 1. The molecule has 1 aromatic heterocycles. The van der Waals surface area contributed by atoms with Crippen LogP contribution >= 0.6 is 0 Å². The Morgan fingerprint density at radius 2 is 2.31 bits per heavy atom. The molecule has 2 rings (SSSR count). The molecule has 0 aromatic carbocycles. The molecule has 1 aliphatic rings. The van der Waals surface area contributed by atoms with Gasteiger partial charge in [-0.15, -0.1) is 0 Å². The number of anilines is 3. The lowest BCUT2D eigenvalue weighted by atomic mass is 10.0. The van der Waals surface area contributed by atoms with E-state index >= 15 is 0 Å². The van der Waals surface area contributed by atoms with Gasteiger partial charge in [-0.3, -0.25) is 0 Å². The third-order valence-corrected chi connectivity index (χ3v) is 2.64. The second kappa shape index (κ2) is 4.15. The number of hydrogen-bond donors (Lipinski definition) is 4. The summed E-state index contributed by atoms with van der Waals surface area (Å²) in [7, 11) is 0. The lowest BCUT2D eigenvalue weighted by molar-refractivity contribution is 0.0381. The molecule has 0 amide bonds. The summed E-state index contributed by atoms with van der Waals surface area (Å²) < 4.78 is 5.14. The third-order valence-electron chi connectivity index (χ3n) is 2.64. The smallest absolute Gasteiger partial charge is 0.149 e. The molecule has 0 bridgehead atoms. The molecule has 2 heterocycles. The second-order valence-electron chi connectivity index (χ2n) is 4.05. The Hall–Kier alpha value is -1.53. The van der Waals surface area contributed by atoms with Gasteiger partial charge in [-0.05, 0) is 12.1 Å². The maximum absolute atomic E-state index is 10.0. The second-order valence-corrected chi connectivity index (χ2v) is 4.05. The molecule has 0 spiro atoms. The van der Waals surface area contributed by atoms with Gasteiger partial charge in [0, 0.05) is 19.6 Å². The fraction of sp³-hybridized carbons (Fsp3) is 0.500. The van der Waals surface area contributed by atoms with Crippen LogP contribution in [-0.4, -0.2) is 35.5 Å². The van der Waals surface area contributed by atoms with Gasteiger partial charge in [0.05, 0.1) is 12.3 Å². The van der Waals surface area contributed by atoms with E-state index < -0.39 is 5.60 Å². The van der Waals surface area contributed by atoms with Crippen LogP contribution in [0.2, 0.25) is 0 Å². The molecule has 6 heteroatoms. The lowest BCUT2D eigenvalue weighted by Crippen LogP contribution is -2.37. The number of rotatable bonds is 3. The lowest BCUT2D eigenvalue weighted by Gasteiger charge is -2.21. The quantitative estimate of drug-likeness (QED) is 0.567. The SMILES string of the molecule is Nc1ccc(NCC2(O)CCOC2)nc1N. The fourth-order valence-electron chi connectivity index (χ4n) is 1.58. The minimum Gasteiger partial charge on any atom is -0.396 e. The Morgan fingerprint density at radius 1 is 1.50 bits per heavy atom. The number of aromatic nitrogens is 1. The number of nitrogens with one attached hydrogen (secondary N) is 1. The highest BCUT2D eigenvalue weighted by molar-refractivity contribution is 5.61. The molecular formula is C10H16N4O2. The van der Waals surface area contributed by atoms with Crippen LogP contribution in [0.25, 0.3) is 0 Å². The maximum atomic E-state index is 10.0. The van der Waals surface area contributed by atoms with Gasteiger partial charge in [-0.25, -0.2) is 4.98 Å². The topological polar surface area (TPSA) is 106 Å². The molecule has 0 aliphatic carbocycles. The van der Waals surface area contributed by atoms with Crippen LogP contribution < -0.4 is 16.8 Å². The van der Waals surface area contributed by atoms with Gasteiger partial charge < -0.3 is 26.6 Å². The van der Waals surface area contributed by atoms with Crippen molar-refractivity contribution in [2.75, 3.05) is 36.5 Å². The molecule has 1 fully saturated rings. The van der Waals surface area contributed by atoms with Crippen LogP contribution in [0.1, 0.15) is 6.42 Å². The van der Waals surface area contributed by atoms with Crippen molar-refractivity contribution in [2.45, 2.75) is 12.0 Å². The first kappa shape index (κ1) is 11.0. The highest BCUT2D eigenvalue weighted by Crippen LogP contribution is 2.20. The molecule has 1 aliphatic heterocycles. The van der Waals surface area contributed by atoms with Crippen molar-refractivity contribution in [3.63, 3.8) is 0 Å². The minimum absolute atomic E-state index is 0.291. The zero-order chi connectivity index (χ0) is 11.6. The Labute approximate surface area is 93.6 Å². The zero-order valence-electron chi connectivity index (χ0n) is 8.94. The Bertz CT molecular complexity index is 377. The summed E-state index contributed by atoms with van der Waals surface area (Å²) in [6.45, 7) is 1.34. The highest BCUT2D eigenvalue weighted by atomic mass is 16.5. The number of aliphatic hydroxyl groups is 1. The fourth-order valence-corrected chi connectivity index (χ4v) is 1.58. The van der Waals surface area contributed by atoms with Crippen molar-refractivity contribution in [3.8, 4) is 0 Å². The zero-order valence-corrected chi connectivity index (χ0v) is 8.94. The Balaban J connectivity index is 1.96. The molecule has 6 N–H and O–H groups in total.